The first-order chi connectivity index (χ1) is 9.19. The van der Waals surface area contributed by atoms with E-state index < -0.39 is 0 Å². The molecule has 1 saturated heterocycles. The lowest BCUT2D eigenvalue weighted by Crippen LogP contribution is -2.43. The molecule has 1 aliphatic heterocycles. The van der Waals surface area contributed by atoms with Crippen molar-refractivity contribution in [3.05, 3.63) is 29.8 Å². The Labute approximate surface area is 116 Å². The van der Waals surface area contributed by atoms with Crippen molar-refractivity contribution < 1.29 is 4.74 Å². The smallest absolute Gasteiger partial charge is 0.0713 e. The maximum absolute atomic E-state index is 5.22. The maximum Gasteiger partial charge on any atom is 0.0713 e. The van der Waals surface area contributed by atoms with E-state index in [4.69, 9.17) is 4.74 Å². The van der Waals surface area contributed by atoms with Gasteiger partial charge < -0.3 is 15.0 Å². The highest BCUT2D eigenvalue weighted by Crippen LogP contribution is 2.19. The van der Waals surface area contributed by atoms with E-state index in [0.29, 0.717) is 18.7 Å². The van der Waals surface area contributed by atoms with E-state index in [1.54, 1.807) is 7.11 Å². The summed E-state index contributed by atoms with van der Waals surface area (Å²) in [6.07, 6.45) is 2.39. The van der Waals surface area contributed by atoms with Crippen LogP contribution in [0.4, 0.5) is 5.69 Å². The van der Waals surface area contributed by atoms with Gasteiger partial charge in [-0.15, -0.1) is 0 Å². The Hall–Kier alpha value is -1.06. The van der Waals surface area contributed by atoms with Crippen molar-refractivity contribution in [1.29, 1.82) is 0 Å². The molecule has 3 heteroatoms. The highest BCUT2D eigenvalue weighted by Gasteiger charge is 2.16. The molecule has 0 bridgehead atoms. The van der Waals surface area contributed by atoms with E-state index in [2.05, 4.69) is 48.3 Å². The van der Waals surface area contributed by atoms with E-state index in [1.165, 1.54) is 24.1 Å². The van der Waals surface area contributed by atoms with Gasteiger partial charge in [-0.1, -0.05) is 12.1 Å². The van der Waals surface area contributed by atoms with Crippen LogP contribution in [-0.2, 0) is 11.3 Å². The lowest BCUT2D eigenvalue weighted by atomic mass is 10.1. The standard InChI is InChI=1S/C16H26N2O/c1-13-7-9-18(10-8-14(2)17-13)16-6-4-5-15(11-16)12-19-3/h4-6,11,13-14,17H,7-10,12H2,1-3H3. The summed E-state index contributed by atoms with van der Waals surface area (Å²) >= 11 is 0. The third kappa shape index (κ3) is 4.22. The number of hydrogen-bond donors (Lipinski definition) is 1. The van der Waals surface area contributed by atoms with Gasteiger partial charge in [0.2, 0.25) is 0 Å². The van der Waals surface area contributed by atoms with Crippen LogP contribution in [0.5, 0.6) is 0 Å². The third-order valence-electron chi connectivity index (χ3n) is 3.82. The number of anilines is 1. The summed E-state index contributed by atoms with van der Waals surface area (Å²) in [4.78, 5) is 2.51. The normalized spacial score (nSPS) is 24.9. The van der Waals surface area contributed by atoms with Crippen LogP contribution in [0.25, 0.3) is 0 Å². The van der Waals surface area contributed by atoms with Gasteiger partial charge in [0.25, 0.3) is 0 Å². The van der Waals surface area contributed by atoms with Crippen molar-refractivity contribution in [3.63, 3.8) is 0 Å². The largest absolute Gasteiger partial charge is 0.380 e. The van der Waals surface area contributed by atoms with Crippen LogP contribution >= 0.6 is 0 Å². The van der Waals surface area contributed by atoms with Gasteiger partial charge in [0.1, 0.15) is 0 Å². The van der Waals surface area contributed by atoms with Crippen molar-refractivity contribution in [1.82, 2.24) is 5.32 Å². The summed E-state index contributed by atoms with van der Waals surface area (Å²) in [7, 11) is 1.75. The second kappa shape index (κ2) is 6.92. The number of nitrogens with zero attached hydrogens (tertiary/aromatic N) is 1. The molecule has 1 heterocycles. The molecular formula is C16H26N2O. The van der Waals surface area contributed by atoms with Gasteiger partial charge in [0, 0.05) is 38.0 Å². The van der Waals surface area contributed by atoms with Gasteiger partial charge in [-0.05, 0) is 44.4 Å². The van der Waals surface area contributed by atoms with Gasteiger partial charge in [0.05, 0.1) is 6.61 Å². The van der Waals surface area contributed by atoms with E-state index in [0.717, 1.165) is 13.1 Å². The summed E-state index contributed by atoms with van der Waals surface area (Å²) in [5, 5.41) is 3.64. The molecular weight excluding hydrogens is 236 g/mol. The van der Waals surface area contributed by atoms with Crippen molar-refractivity contribution in [2.75, 3.05) is 25.1 Å². The number of methoxy groups -OCH3 is 1. The molecule has 3 nitrogen and oxygen atoms in total. The molecule has 1 aromatic carbocycles. The van der Waals surface area contributed by atoms with E-state index >= 15 is 0 Å². The molecule has 19 heavy (non-hydrogen) atoms. The van der Waals surface area contributed by atoms with Crippen LogP contribution in [0.15, 0.2) is 24.3 Å². The zero-order chi connectivity index (χ0) is 13.7. The lowest BCUT2D eigenvalue weighted by Gasteiger charge is -2.32. The molecule has 1 aliphatic rings. The fraction of sp³-hybridized carbons (Fsp3) is 0.625. The predicted octanol–water partition coefficient (Wildman–Crippen LogP) is 2.80. The second-order valence-corrected chi connectivity index (χ2v) is 5.64. The molecule has 2 rings (SSSR count). The molecule has 1 fully saturated rings. The fourth-order valence-electron chi connectivity index (χ4n) is 2.73. The molecule has 0 amide bonds. The van der Waals surface area contributed by atoms with Crippen molar-refractivity contribution in [2.24, 2.45) is 0 Å². The van der Waals surface area contributed by atoms with Crippen LogP contribution in [0, 0.1) is 0 Å². The van der Waals surface area contributed by atoms with Crippen molar-refractivity contribution >= 4 is 5.69 Å². The minimum absolute atomic E-state index is 0.597. The molecule has 0 radical (unpaired) electrons. The second-order valence-electron chi connectivity index (χ2n) is 5.64. The maximum atomic E-state index is 5.22. The topological polar surface area (TPSA) is 24.5 Å². The molecule has 1 aromatic rings. The Morgan fingerprint density at radius 3 is 2.53 bits per heavy atom. The predicted molar refractivity (Wildman–Crippen MR) is 80.7 cm³/mol. The molecule has 2 unspecified atom stereocenters. The highest BCUT2D eigenvalue weighted by atomic mass is 16.5. The molecule has 1 N–H and O–H groups in total. The Bertz CT molecular complexity index is 382. The number of benzene rings is 1. The van der Waals surface area contributed by atoms with E-state index in [-0.39, 0.29) is 0 Å². The summed E-state index contributed by atoms with van der Waals surface area (Å²) in [5.74, 6) is 0. The minimum Gasteiger partial charge on any atom is -0.380 e. The van der Waals surface area contributed by atoms with Crippen LogP contribution in [0.3, 0.4) is 0 Å². The highest BCUT2D eigenvalue weighted by molar-refractivity contribution is 5.48. The van der Waals surface area contributed by atoms with Gasteiger partial charge >= 0.3 is 0 Å². The number of rotatable bonds is 3. The number of hydrogen-bond acceptors (Lipinski definition) is 3. The first-order valence-corrected chi connectivity index (χ1v) is 7.28. The zero-order valence-corrected chi connectivity index (χ0v) is 12.4. The van der Waals surface area contributed by atoms with Crippen LogP contribution in [-0.4, -0.2) is 32.3 Å². The Kier molecular flexibility index (Phi) is 5.23. The van der Waals surface area contributed by atoms with Crippen LogP contribution in [0.1, 0.15) is 32.3 Å². The summed E-state index contributed by atoms with van der Waals surface area (Å²) in [6, 6.07) is 9.93. The van der Waals surface area contributed by atoms with Crippen LogP contribution in [0.2, 0.25) is 0 Å². The number of ether oxygens (including phenoxy) is 1. The average molecular weight is 262 g/mol. The molecule has 0 aromatic heterocycles. The van der Waals surface area contributed by atoms with Gasteiger partial charge in [-0.2, -0.15) is 0 Å². The zero-order valence-electron chi connectivity index (χ0n) is 12.4. The van der Waals surface area contributed by atoms with Gasteiger partial charge in [0.15, 0.2) is 0 Å². The van der Waals surface area contributed by atoms with Gasteiger partial charge in [-0.25, -0.2) is 0 Å². The van der Waals surface area contributed by atoms with Crippen molar-refractivity contribution in [2.45, 2.75) is 45.4 Å². The molecule has 0 spiro atoms. The quantitative estimate of drug-likeness (QED) is 0.906. The van der Waals surface area contributed by atoms with E-state index in [9.17, 15) is 0 Å². The van der Waals surface area contributed by atoms with Crippen LogP contribution < -0.4 is 10.2 Å². The lowest BCUT2D eigenvalue weighted by molar-refractivity contribution is 0.185. The summed E-state index contributed by atoms with van der Waals surface area (Å²) < 4.78 is 5.22. The third-order valence-corrected chi connectivity index (χ3v) is 3.82. The average Bonchev–Trinajstić information content (AvgIpc) is 2.37. The Morgan fingerprint density at radius 2 is 1.89 bits per heavy atom. The first-order valence-electron chi connectivity index (χ1n) is 7.28. The molecule has 0 aliphatic carbocycles. The summed E-state index contributed by atoms with van der Waals surface area (Å²) in [6.45, 7) is 7.49. The fourth-order valence-corrected chi connectivity index (χ4v) is 2.73. The molecule has 106 valence electrons. The van der Waals surface area contributed by atoms with E-state index in [1.807, 2.05) is 0 Å². The summed E-state index contributed by atoms with van der Waals surface area (Å²) in [5.41, 5.74) is 2.58. The SMILES string of the molecule is COCc1cccc(N2CCC(C)NC(C)CC2)c1. The number of nitrogens with one attached hydrogen (secondary N) is 1. The monoisotopic (exact) mass is 262 g/mol. The molecule has 0 saturated carbocycles. The van der Waals surface area contributed by atoms with Crippen molar-refractivity contribution in [3.8, 4) is 0 Å². The molecule has 2 atom stereocenters. The minimum atomic E-state index is 0.597. The first kappa shape index (κ1) is 14.4. The Morgan fingerprint density at radius 1 is 1.21 bits per heavy atom. The van der Waals surface area contributed by atoms with Gasteiger partial charge in [-0.3, -0.25) is 0 Å². The Balaban J connectivity index is 2.08.